The van der Waals surface area contributed by atoms with Gasteiger partial charge in [-0.2, -0.15) is 0 Å². The third-order valence-corrected chi connectivity index (χ3v) is 1.11. The molecule has 0 aliphatic heterocycles. The highest BCUT2D eigenvalue weighted by Crippen LogP contribution is 1.92. The second kappa shape index (κ2) is 12.4. The monoisotopic (exact) mass is 165 g/mol. The maximum Gasteiger partial charge on any atom is 0.149 e. The van der Waals surface area contributed by atoms with E-state index in [-0.39, 0.29) is 0 Å². The molecule has 2 nitrogen and oxygen atoms in total. The van der Waals surface area contributed by atoms with Crippen LogP contribution in [0.2, 0.25) is 0 Å². The van der Waals surface area contributed by atoms with Gasteiger partial charge in [0.05, 0.1) is 0 Å². The van der Waals surface area contributed by atoms with Gasteiger partial charge in [-0.1, -0.05) is 18.2 Å². The molecule has 0 aliphatic carbocycles. The molecule has 0 saturated heterocycles. The van der Waals surface area contributed by atoms with Gasteiger partial charge >= 0.3 is 0 Å². The van der Waals surface area contributed by atoms with E-state index in [9.17, 15) is 4.79 Å². The van der Waals surface area contributed by atoms with Crippen LogP contribution in [-0.2, 0) is 4.79 Å². The lowest BCUT2D eigenvalue weighted by molar-refractivity contribution is -0.104. The first-order valence-electron chi connectivity index (χ1n) is 3.66. The summed E-state index contributed by atoms with van der Waals surface area (Å²) in [6.07, 6.45) is 15.1. The number of carbonyl (C=O) groups is 1. The Balaban J connectivity index is 0. The molecular formula is C10H15NO. The zero-order valence-electron chi connectivity index (χ0n) is 7.36. The van der Waals surface area contributed by atoms with Crippen LogP contribution in [0.25, 0.3) is 0 Å². The molecule has 12 heavy (non-hydrogen) atoms. The van der Waals surface area contributed by atoms with Gasteiger partial charge in [0.2, 0.25) is 0 Å². The Hall–Kier alpha value is -1.33. The van der Waals surface area contributed by atoms with E-state index in [0.717, 1.165) is 12.7 Å². The Morgan fingerprint density at radius 2 is 2.08 bits per heavy atom. The van der Waals surface area contributed by atoms with E-state index in [0.29, 0.717) is 12.1 Å². The summed E-state index contributed by atoms with van der Waals surface area (Å²) in [7, 11) is 0. The zero-order valence-corrected chi connectivity index (χ0v) is 7.36. The number of terminal acetylenes is 1. The van der Waals surface area contributed by atoms with E-state index in [1.165, 1.54) is 0 Å². The zero-order chi connectivity index (χ0) is 9.82. The fourth-order valence-corrected chi connectivity index (χ4v) is 0.519. The quantitative estimate of drug-likeness (QED) is 0.295. The summed E-state index contributed by atoms with van der Waals surface area (Å²) in [4.78, 5) is 10.2. The van der Waals surface area contributed by atoms with E-state index in [4.69, 9.17) is 5.73 Å². The molecular weight excluding hydrogens is 150 g/mol. The highest BCUT2D eigenvalue weighted by atomic mass is 16.1. The van der Waals surface area contributed by atoms with Gasteiger partial charge in [0.25, 0.3) is 0 Å². The summed E-state index contributed by atoms with van der Waals surface area (Å²) in [5, 5.41) is 0. The fourth-order valence-electron chi connectivity index (χ4n) is 0.519. The van der Waals surface area contributed by atoms with Crippen molar-refractivity contribution in [2.24, 2.45) is 5.73 Å². The molecule has 0 aromatic heterocycles. The van der Waals surface area contributed by atoms with E-state index in [1.54, 1.807) is 12.2 Å². The van der Waals surface area contributed by atoms with Crippen molar-refractivity contribution in [3.05, 3.63) is 23.8 Å². The normalized spacial score (nSPS) is 10.5. The molecule has 0 heterocycles. The summed E-state index contributed by atoms with van der Waals surface area (Å²) in [6, 6.07) is 0. The van der Waals surface area contributed by atoms with Crippen molar-refractivity contribution in [1.29, 1.82) is 0 Å². The molecule has 0 saturated carbocycles. The molecule has 0 spiro atoms. The molecule has 0 amide bonds. The molecule has 0 radical (unpaired) electrons. The SMILES string of the molecule is C#C.C/C=C(C=O)\C=C/CCN. The van der Waals surface area contributed by atoms with Gasteiger partial charge in [-0.15, -0.1) is 12.8 Å². The predicted octanol–water partition coefficient (Wildman–Crippen LogP) is 1.29. The third-order valence-electron chi connectivity index (χ3n) is 1.11. The molecule has 0 atom stereocenters. The lowest BCUT2D eigenvalue weighted by Crippen LogP contribution is -1.95. The van der Waals surface area contributed by atoms with Crippen LogP contribution < -0.4 is 5.73 Å². The highest BCUT2D eigenvalue weighted by Gasteiger charge is 1.82. The van der Waals surface area contributed by atoms with Crippen LogP contribution >= 0.6 is 0 Å². The van der Waals surface area contributed by atoms with Crippen molar-refractivity contribution in [1.82, 2.24) is 0 Å². The second-order valence-electron chi connectivity index (χ2n) is 1.89. The summed E-state index contributed by atoms with van der Waals surface area (Å²) < 4.78 is 0. The Bertz CT molecular complexity index is 178. The van der Waals surface area contributed by atoms with E-state index >= 15 is 0 Å². The van der Waals surface area contributed by atoms with Gasteiger partial charge < -0.3 is 5.73 Å². The minimum atomic E-state index is 0.631. The van der Waals surface area contributed by atoms with Crippen molar-refractivity contribution in [2.75, 3.05) is 6.54 Å². The number of hydrogen-bond donors (Lipinski definition) is 1. The van der Waals surface area contributed by atoms with Crippen molar-refractivity contribution in [2.45, 2.75) is 13.3 Å². The molecule has 0 rings (SSSR count). The molecule has 2 heteroatoms. The number of allylic oxidation sites excluding steroid dienone is 3. The first-order chi connectivity index (χ1) is 5.85. The van der Waals surface area contributed by atoms with Crippen molar-refractivity contribution in [3.8, 4) is 12.8 Å². The van der Waals surface area contributed by atoms with Crippen LogP contribution in [0.5, 0.6) is 0 Å². The van der Waals surface area contributed by atoms with E-state index in [1.807, 2.05) is 13.0 Å². The van der Waals surface area contributed by atoms with Crippen LogP contribution in [-0.4, -0.2) is 12.8 Å². The molecule has 0 fully saturated rings. The van der Waals surface area contributed by atoms with Gasteiger partial charge in [-0.05, 0) is 19.9 Å². The lowest BCUT2D eigenvalue weighted by Gasteiger charge is -1.86. The largest absolute Gasteiger partial charge is 0.330 e. The Labute approximate surface area is 74.2 Å². The minimum Gasteiger partial charge on any atom is -0.330 e. The predicted molar refractivity (Wildman–Crippen MR) is 52.5 cm³/mol. The minimum absolute atomic E-state index is 0.631. The average molecular weight is 165 g/mol. The number of hydrogen-bond acceptors (Lipinski definition) is 2. The van der Waals surface area contributed by atoms with Gasteiger partial charge in [0.1, 0.15) is 6.29 Å². The van der Waals surface area contributed by atoms with Crippen LogP contribution in [0.4, 0.5) is 0 Å². The summed E-state index contributed by atoms with van der Waals surface area (Å²) in [5.41, 5.74) is 5.94. The van der Waals surface area contributed by atoms with Crippen molar-refractivity contribution < 1.29 is 4.79 Å². The molecule has 0 aromatic carbocycles. The van der Waals surface area contributed by atoms with Crippen molar-refractivity contribution in [3.63, 3.8) is 0 Å². The molecule has 66 valence electrons. The fraction of sp³-hybridized carbons (Fsp3) is 0.300. The van der Waals surface area contributed by atoms with Crippen LogP contribution in [0.15, 0.2) is 23.8 Å². The van der Waals surface area contributed by atoms with Gasteiger partial charge in [0, 0.05) is 5.57 Å². The maximum absolute atomic E-state index is 10.2. The van der Waals surface area contributed by atoms with Crippen LogP contribution in [0.1, 0.15) is 13.3 Å². The summed E-state index contributed by atoms with van der Waals surface area (Å²) in [6.45, 7) is 2.46. The number of rotatable bonds is 4. The van der Waals surface area contributed by atoms with Crippen molar-refractivity contribution >= 4 is 6.29 Å². The molecule has 2 N–H and O–H groups in total. The Morgan fingerprint density at radius 1 is 1.50 bits per heavy atom. The number of carbonyl (C=O) groups excluding carboxylic acids is 1. The number of nitrogens with two attached hydrogens (primary N) is 1. The first-order valence-corrected chi connectivity index (χ1v) is 3.66. The first kappa shape index (κ1) is 13.3. The summed E-state index contributed by atoms with van der Waals surface area (Å²) in [5.74, 6) is 0. The third kappa shape index (κ3) is 8.67. The van der Waals surface area contributed by atoms with Gasteiger partial charge in [-0.3, -0.25) is 4.79 Å². The molecule has 0 unspecified atom stereocenters. The second-order valence-corrected chi connectivity index (χ2v) is 1.89. The average Bonchev–Trinajstić information content (AvgIpc) is 2.16. The molecule has 0 bridgehead atoms. The van der Waals surface area contributed by atoms with Crippen LogP contribution in [0.3, 0.4) is 0 Å². The van der Waals surface area contributed by atoms with Gasteiger partial charge in [-0.25, -0.2) is 0 Å². The van der Waals surface area contributed by atoms with Gasteiger partial charge in [0.15, 0.2) is 0 Å². The number of aldehydes is 1. The van der Waals surface area contributed by atoms with E-state index < -0.39 is 0 Å². The maximum atomic E-state index is 10.2. The smallest absolute Gasteiger partial charge is 0.149 e. The standard InChI is InChI=1S/C8H13NO.C2H2/c1-2-8(7-10)5-3-4-6-9;1-2/h2-3,5,7H,4,6,9H2,1H3;1-2H/b5-3-,8-2+;. The molecule has 0 aliphatic rings. The Kier molecular flexibility index (Phi) is 13.7. The Morgan fingerprint density at radius 3 is 2.42 bits per heavy atom. The highest BCUT2D eigenvalue weighted by molar-refractivity contribution is 5.77. The lowest BCUT2D eigenvalue weighted by atomic mass is 10.2. The molecule has 0 aromatic rings. The van der Waals surface area contributed by atoms with Crippen LogP contribution in [0, 0.1) is 12.8 Å². The summed E-state index contributed by atoms with van der Waals surface area (Å²) >= 11 is 0. The van der Waals surface area contributed by atoms with E-state index in [2.05, 4.69) is 12.8 Å². The topological polar surface area (TPSA) is 43.1 Å².